The van der Waals surface area contributed by atoms with Crippen molar-refractivity contribution in [3.63, 3.8) is 0 Å². The molecule has 2 aliphatic rings. The van der Waals surface area contributed by atoms with Gasteiger partial charge in [0.2, 0.25) is 15.9 Å². The zero-order valence-corrected chi connectivity index (χ0v) is 22.1. The van der Waals surface area contributed by atoms with Gasteiger partial charge in [-0.2, -0.15) is 4.31 Å². The molecule has 1 aromatic carbocycles. The number of sulfonamides is 1. The fourth-order valence-electron chi connectivity index (χ4n) is 5.00. The molecule has 2 heterocycles. The average Bonchev–Trinajstić information content (AvgIpc) is 3.01. The van der Waals surface area contributed by atoms with Gasteiger partial charge in [-0.25, -0.2) is 30.5 Å². The lowest BCUT2D eigenvalue weighted by Crippen LogP contribution is -2.53. The highest BCUT2D eigenvalue weighted by Crippen LogP contribution is 2.42. The van der Waals surface area contributed by atoms with Crippen LogP contribution in [0, 0.1) is 23.4 Å². The fraction of sp³-hybridized carbons (Fsp3) is 0.696. The lowest BCUT2D eigenvalue weighted by Gasteiger charge is -2.41. The summed E-state index contributed by atoms with van der Waals surface area (Å²) in [5, 5.41) is 2.51. The van der Waals surface area contributed by atoms with Crippen LogP contribution in [0.4, 0.5) is 13.2 Å². The van der Waals surface area contributed by atoms with Crippen molar-refractivity contribution >= 4 is 26.9 Å². The third-order valence-electron chi connectivity index (χ3n) is 6.67. The standard InChI is InChI=1S/C23H34F3N3O4S2/c1-14(30)27-7-8-35(32,33)29-17-5-6-18(29)10-16(9-17)22(28-34(31)23(2,3)4)12-15-11-20(25)21(26)13-19(15)24/h11,13,16-18,22,28H,5-10,12H2,1-4H3,(H,27,30)/t16?,17-,18+,22-,34?/m1/s1. The van der Waals surface area contributed by atoms with Gasteiger partial charge in [0.05, 0.1) is 21.5 Å². The number of hydrogen-bond donors (Lipinski definition) is 2. The lowest BCUT2D eigenvalue weighted by molar-refractivity contribution is -0.118. The van der Waals surface area contributed by atoms with Gasteiger partial charge in [0, 0.05) is 37.7 Å². The molecule has 1 aromatic rings. The molecule has 2 unspecified atom stereocenters. The Kier molecular flexibility index (Phi) is 8.71. The van der Waals surface area contributed by atoms with Crippen LogP contribution in [0.5, 0.6) is 0 Å². The van der Waals surface area contributed by atoms with E-state index >= 15 is 0 Å². The van der Waals surface area contributed by atoms with Gasteiger partial charge in [0.1, 0.15) is 5.82 Å². The van der Waals surface area contributed by atoms with Crippen LogP contribution in [0.3, 0.4) is 0 Å². The molecular formula is C23H34F3N3O4S2. The van der Waals surface area contributed by atoms with E-state index in [2.05, 4.69) is 10.0 Å². The SMILES string of the molecule is CC(=O)NCCS(=O)(=O)N1[C@@H]2CC[C@H]1CC([C@@H](Cc1cc(F)c(F)cc1F)NS(=O)C(C)(C)C)C2. The number of hydrogen-bond acceptors (Lipinski definition) is 4. The van der Waals surface area contributed by atoms with Crippen LogP contribution < -0.4 is 10.0 Å². The Morgan fingerprint density at radius 3 is 2.23 bits per heavy atom. The summed E-state index contributed by atoms with van der Waals surface area (Å²) in [5.41, 5.74) is -0.0231. The quantitative estimate of drug-likeness (QED) is 0.474. The number of carbonyl (C=O) groups is 1. The van der Waals surface area contributed by atoms with Crippen molar-refractivity contribution in [2.24, 2.45) is 5.92 Å². The number of nitrogens with one attached hydrogen (secondary N) is 2. The van der Waals surface area contributed by atoms with E-state index in [9.17, 15) is 30.6 Å². The number of amides is 1. The van der Waals surface area contributed by atoms with Crippen molar-refractivity contribution < 1.29 is 30.6 Å². The molecule has 0 aromatic heterocycles. The Morgan fingerprint density at radius 2 is 1.69 bits per heavy atom. The highest BCUT2D eigenvalue weighted by atomic mass is 32.2. The average molecular weight is 538 g/mol. The van der Waals surface area contributed by atoms with Crippen LogP contribution in [0.15, 0.2) is 12.1 Å². The van der Waals surface area contributed by atoms with Crippen LogP contribution in [-0.4, -0.2) is 58.0 Å². The second-order valence-electron chi connectivity index (χ2n) is 10.4. The van der Waals surface area contributed by atoms with Crippen LogP contribution in [0.25, 0.3) is 0 Å². The highest BCUT2D eigenvalue weighted by molar-refractivity contribution is 7.89. The van der Waals surface area contributed by atoms with E-state index in [1.54, 1.807) is 25.1 Å². The van der Waals surface area contributed by atoms with Gasteiger partial charge < -0.3 is 5.32 Å². The van der Waals surface area contributed by atoms with E-state index in [1.165, 1.54) is 6.92 Å². The van der Waals surface area contributed by atoms with Crippen molar-refractivity contribution in [1.29, 1.82) is 0 Å². The molecule has 5 atom stereocenters. The first-order chi connectivity index (χ1) is 16.2. The molecule has 2 bridgehead atoms. The Hall–Kier alpha value is -1.50. The molecule has 3 rings (SSSR count). The second-order valence-corrected chi connectivity index (χ2v) is 14.4. The first-order valence-electron chi connectivity index (χ1n) is 11.8. The third-order valence-corrected chi connectivity index (χ3v) is 10.3. The van der Waals surface area contributed by atoms with Gasteiger partial charge in [-0.1, -0.05) is 0 Å². The molecule has 2 aliphatic heterocycles. The first kappa shape index (κ1) is 28.1. The minimum absolute atomic E-state index is 0.00968. The molecule has 0 spiro atoms. The van der Waals surface area contributed by atoms with E-state index in [4.69, 9.17) is 0 Å². The summed E-state index contributed by atoms with van der Waals surface area (Å²) in [6, 6.07) is 0.291. The van der Waals surface area contributed by atoms with Crippen molar-refractivity contribution in [3.05, 3.63) is 35.1 Å². The monoisotopic (exact) mass is 537 g/mol. The summed E-state index contributed by atoms with van der Waals surface area (Å²) < 4.78 is 84.7. The zero-order chi connectivity index (χ0) is 26.1. The lowest BCUT2D eigenvalue weighted by atomic mass is 9.83. The predicted molar refractivity (Wildman–Crippen MR) is 129 cm³/mol. The molecule has 2 saturated heterocycles. The summed E-state index contributed by atoms with van der Waals surface area (Å²) >= 11 is 0. The van der Waals surface area contributed by atoms with Crippen molar-refractivity contribution in [3.8, 4) is 0 Å². The van der Waals surface area contributed by atoms with E-state index in [1.807, 2.05) is 0 Å². The maximum atomic E-state index is 14.5. The van der Waals surface area contributed by atoms with Crippen molar-refractivity contribution in [2.45, 2.75) is 82.7 Å². The van der Waals surface area contributed by atoms with Gasteiger partial charge >= 0.3 is 0 Å². The normalized spacial score (nSPS) is 24.8. The third kappa shape index (κ3) is 6.84. The van der Waals surface area contributed by atoms with E-state index in [0.717, 1.165) is 6.07 Å². The summed E-state index contributed by atoms with van der Waals surface area (Å²) in [4.78, 5) is 11.1. The maximum Gasteiger partial charge on any atom is 0.216 e. The molecule has 0 radical (unpaired) electrons. The Labute approximate surface area is 207 Å². The molecular weight excluding hydrogens is 503 g/mol. The number of nitrogens with zero attached hydrogens (tertiary/aromatic N) is 1. The fourth-order valence-corrected chi connectivity index (χ4v) is 7.76. The Balaban J connectivity index is 1.81. The molecule has 2 fully saturated rings. The minimum Gasteiger partial charge on any atom is -0.355 e. The van der Waals surface area contributed by atoms with Crippen LogP contribution in [0.1, 0.15) is 58.9 Å². The summed E-state index contributed by atoms with van der Waals surface area (Å²) in [7, 11) is -5.11. The van der Waals surface area contributed by atoms with Gasteiger partial charge in [-0.3, -0.25) is 4.79 Å². The smallest absolute Gasteiger partial charge is 0.216 e. The predicted octanol–water partition coefficient (Wildman–Crippen LogP) is 2.78. The van der Waals surface area contributed by atoms with E-state index in [-0.39, 0.29) is 48.2 Å². The number of piperidine rings is 1. The summed E-state index contributed by atoms with van der Waals surface area (Å²) in [5.74, 6) is -3.94. The van der Waals surface area contributed by atoms with Crippen LogP contribution in [-0.2, 0) is 32.2 Å². The Bertz CT molecular complexity index is 1060. The summed E-state index contributed by atoms with van der Waals surface area (Å²) in [6.45, 7) is 6.73. The largest absolute Gasteiger partial charge is 0.355 e. The molecule has 198 valence electrons. The molecule has 7 nitrogen and oxygen atoms in total. The van der Waals surface area contributed by atoms with E-state index in [0.29, 0.717) is 31.7 Å². The molecule has 2 N–H and O–H groups in total. The number of rotatable bonds is 9. The first-order valence-corrected chi connectivity index (χ1v) is 14.5. The molecule has 1 amide bonds. The Morgan fingerprint density at radius 1 is 1.11 bits per heavy atom. The zero-order valence-electron chi connectivity index (χ0n) is 20.4. The molecule has 12 heteroatoms. The van der Waals surface area contributed by atoms with Gasteiger partial charge in [-0.05, 0) is 70.4 Å². The number of fused-ring (bicyclic) bond motifs is 2. The molecule has 35 heavy (non-hydrogen) atoms. The van der Waals surface area contributed by atoms with Gasteiger partial charge in [0.15, 0.2) is 11.6 Å². The minimum atomic E-state index is -3.60. The number of benzene rings is 1. The molecule has 0 saturated carbocycles. The number of halogens is 3. The van der Waals surface area contributed by atoms with Crippen molar-refractivity contribution in [2.75, 3.05) is 12.3 Å². The van der Waals surface area contributed by atoms with Crippen LogP contribution in [0.2, 0.25) is 0 Å². The highest BCUT2D eigenvalue weighted by Gasteiger charge is 2.48. The number of carbonyl (C=O) groups excluding carboxylic acids is 1. The van der Waals surface area contributed by atoms with Gasteiger partial charge in [0.25, 0.3) is 0 Å². The van der Waals surface area contributed by atoms with E-state index < -0.39 is 49.2 Å². The molecule has 0 aliphatic carbocycles. The van der Waals surface area contributed by atoms with Crippen molar-refractivity contribution in [1.82, 2.24) is 14.3 Å². The van der Waals surface area contributed by atoms with Crippen LogP contribution >= 0.6 is 0 Å². The maximum absolute atomic E-state index is 14.5. The topological polar surface area (TPSA) is 95.6 Å². The summed E-state index contributed by atoms with van der Waals surface area (Å²) in [6.07, 6.45) is 2.29. The second kappa shape index (κ2) is 10.9. The van der Waals surface area contributed by atoms with Gasteiger partial charge in [-0.15, -0.1) is 0 Å².